The number of halogens is 1. The van der Waals surface area contributed by atoms with E-state index in [0.717, 1.165) is 0 Å². The third kappa shape index (κ3) is 4.62. The van der Waals surface area contributed by atoms with Crippen LogP contribution >= 0.6 is 22.6 Å². The van der Waals surface area contributed by atoms with Crippen molar-refractivity contribution in [3.8, 4) is 0 Å². The minimum atomic E-state index is -0.880. The van der Waals surface area contributed by atoms with Crippen molar-refractivity contribution in [1.82, 2.24) is 0 Å². The summed E-state index contributed by atoms with van der Waals surface area (Å²) in [5, 5.41) is 22.8. The highest BCUT2D eigenvalue weighted by atomic mass is 127. The number of anilines is 1. The molecule has 0 aliphatic heterocycles. The molecule has 0 aliphatic carbocycles. The molecule has 0 aliphatic rings. The van der Waals surface area contributed by atoms with Crippen molar-refractivity contribution in [2.75, 3.05) is 5.32 Å². The molecule has 7 heteroatoms. The van der Waals surface area contributed by atoms with Gasteiger partial charge in [-0.2, -0.15) is 0 Å². The van der Waals surface area contributed by atoms with Gasteiger partial charge in [0.25, 0.3) is 5.69 Å². The molecule has 0 radical (unpaired) electrons. The Labute approximate surface area is 130 Å². The lowest BCUT2D eigenvalue weighted by Gasteiger charge is -2.31. The van der Waals surface area contributed by atoms with Gasteiger partial charge < -0.3 is 10.4 Å². The first-order chi connectivity index (χ1) is 9.11. The van der Waals surface area contributed by atoms with Gasteiger partial charge in [0.15, 0.2) is 0 Å². The number of nitro groups is 1. The zero-order valence-corrected chi connectivity index (χ0v) is 13.7. The number of benzene rings is 1. The first-order valence-corrected chi connectivity index (χ1v) is 7.11. The molecule has 2 N–H and O–H groups in total. The molecule has 6 nitrogen and oxygen atoms in total. The minimum Gasteiger partial charge on any atom is -0.481 e. The molecule has 0 heterocycles. The van der Waals surface area contributed by atoms with E-state index >= 15 is 0 Å². The third-order valence-corrected chi connectivity index (χ3v) is 3.81. The van der Waals surface area contributed by atoms with Crippen LogP contribution in [-0.2, 0) is 4.79 Å². The molecule has 0 bridgehead atoms. The topological polar surface area (TPSA) is 92.5 Å². The number of aliphatic carboxylic acids is 1. The number of carboxylic acid groups (broad SMARTS) is 1. The van der Waals surface area contributed by atoms with Gasteiger partial charge in [-0.25, -0.2) is 0 Å². The molecule has 1 unspecified atom stereocenters. The van der Waals surface area contributed by atoms with Gasteiger partial charge >= 0.3 is 5.97 Å². The van der Waals surface area contributed by atoms with Crippen molar-refractivity contribution in [3.05, 3.63) is 31.9 Å². The molecular formula is C13H17IN2O4. The highest BCUT2D eigenvalue weighted by Crippen LogP contribution is 2.29. The van der Waals surface area contributed by atoms with Crippen molar-refractivity contribution < 1.29 is 14.8 Å². The van der Waals surface area contributed by atoms with Gasteiger partial charge in [-0.15, -0.1) is 0 Å². The van der Waals surface area contributed by atoms with Crippen molar-refractivity contribution in [2.45, 2.75) is 33.2 Å². The Bertz CT molecular complexity index is 526. The summed E-state index contributed by atoms with van der Waals surface area (Å²) in [6.07, 6.45) is -0.0173. The Morgan fingerprint density at radius 3 is 2.50 bits per heavy atom. The second-order valence-corrected chi connectivity index (χ2v) is 6.74. The summed E-state index contributed by atoms with van der Waals surface area (Å²) >= 11 is 2.00. The van der Waals surface area contributed by atoms with Crippen LogP contribution < -0.4 is 5.32 Å². The van der Waals surface area contributed by atoms with Crippen molar-refractivity contribution in [1.29, 1.82) is 0 Å². The van der Waals surface area contributed by atoms with Gasteiger partial charge in [0, 0.05) is 27.4 Å². The fraction of sp³-hybridized carbons (Fsp3) is 0.462. The molecule has 1 aromatic rings. The van der Waals surface area contributed by atoms with E-state index in [1.807, 2.05) is 43.4 Å². The number of hydrogen-bond donors (Lipinski definition) is 2. The van der Waals surface area contributed by atoms with Crippen LogP contribution in [0.3, 0.4) is 0 Å². The normalized spacial score (nSPS) is 12.8. The summed E-state index contributed by atoms with van der Waals surface area (Å²) in [6.45, 7) is 5.85. The zero-order valence-electron chi connectivity index (χ0n) is 11.5. The lowest BCUT2D eigenvalue weighted by molar-refractivity contribution is -0.384. The van der Waals surface area contributed by atoms with Gasteiger partial charge in [-0.05, 0) is 34.1 Å². The second-order valence-electron chi connectivity index (χ2n) is 5.58. The molecule has 0 saturated carbocycles. The fourth-order valence-electron chi connectivity index (χ4n) is 1.67. The van der Waals surface area contributed by atoms with Crippen LogP contribution in [0, 0.1) is 19.1 Å². The Hall–Kier alpha value is -1.38. The predicted molar refractivity (Wildman–Crippen MR) is 84.9 cm³/mol. The Morgan fingerprint density at radius 1 is 1.50 bits per heavy atom. The number of nitrogens with zero attached hydrogens (tertiary/aromatic N) is 1. The molecular weight excluding hydrogens is 375 g/mol. The summed E-state index contributed by atoms with van der Waals surface area (Å²) in [5.74, 6) is -0.880. The molecule has 1 aromatic carbocycles. The number of nitro benzene ring substituents is 1. The van der Waals surface area contributed by atoms with Gasteiger partial charge in [-0.3, -0.25) is 14.9 Å². The molecule has 0 amide bonds. The zero-order chi connectivity index (χ0) is 15.5. The van der Waals surface area contributed by atoms with Crippen LogP contribution in [0.2, 0.25) is 0 Å². The number of hydrogen-bond acceptors (Lipinski definition) is 4. The largest absolute Gasteiger partial charge is 0.481 e. The highest BCUT2D eigenvalue weighted by molar-refractivity contribution is 14.1. The van der Waals surface area contributed by atoms with E-state index in [9.17, 15) is 14.9 Å². The van der Waals surface area contributed by atoms with E-state index in [1.165, 1.54) is 12.1 Å². The van der Waals surface area contributed by atoms with Crippen LogP contribution in [-0.4, -0.2) is 22.0 Å². The number of carboxylic acids is 1. The van der Waals surface area contributed by atoms with Crippen LogP contribution in [0.5, 0.6) is 0 Å². The smallest absolute Gasteiger partial charge is 0.305 e. The number of non-ortho nitro benzene ring substituents is 1. The van der Waals surface area contributed by atoms with E-state index in [-0.39, 0.29) is 23.6 Å². The van der Waals surface area contributed by atoms with Gasteiger partial charge in [0.05, 0.1) is 11.3 Å². The van der Waals surface area contributed by atoms with E-state index in [0.29, 0.717) is 9.26 Å². The summed E-state index contributed by atoms with van der Waals surface area (Å²) < 4.78 is 0.691. The lowest BCUT2D eigenvalue weighted by Crippen LogP contribution is -2.36. The first-order valence-electron chi connectivity index (χ1n) is 6.03. The monoisotopic (exact) mass is 392 g/mol. The summed E-state index contributed by atoms with van der Waals surface area (Å²) in [5.41, 5.74) is 0.478. The molecule has 1 rings (SSSR count). The Morgan fingerprint density at radius 2 is 2.10 bits per heavy atom. The van der Waals surface area contributed by atoms with Gasteiger partial charge in [0.2, 0.25) is 0 Å². The summed E-state index contributed by atoms with van der Waals surface area (Å²) in [4.78, 5) is 21.2. The van der Waals surface area contributed by atoms with E-state index in [1.54, 1.807) is 6.07 Å². The summed E-state index contributed by atoms with van der Waals surface area (Å²) in [6, 6.07) is 4.21. The lowest BCUT2D eigenvalue weighted by atomic mass is 9.84. The highest BCUT2D eigenvalue weighted by Gasteiger charge is 2.27. The Balaban J connectivity index is 3.00. The molecule has 0 saturated heterocycles. The van der Waals surface area contributed by atoms with Gasteiger partial charge in [-0.1, -0.05) is 20.8 Å². The number of nitrogens with one attached hydrogen (secondary N) is 1. The maximum Gasteiger partial charge on any atom is 0.305 e. The number of rotatable bonds is 5. The SMILES string of the molecule is CC(C)(C)C(CC(=O)O)Nc1ccc([N+](=O)[O-])cc1I. The maximum atomic E-state index is 10.9. The fourth-order valence-corrected chi connectivity index (χ4v) is 2.33. The van der Waals surface area contributed by atoms with Crippen molar-refractivity contribution >= 4 is 39.9 Å². The first kappa shape index (κ1) is 16.7. The standard InChI is InChI=1S/C13H17IN2O4/c1-13(2,3)11(7-12(17)18)15-10-5-4-8(16(19)20)6-9(10)14/h4-6,11,15H,7H2,1-3H3,(H,17,18). The van der Waals surface area contributed by atoms with E-state index < -0.39 is 10.9 Å². The molecule has 20 heavy (non-hydrogen) atoms. The van der Waals surface area contributed by atoms with Crippen molar-refractivity contribution in [2.24, 2.45) is 5.41 Å². The molecule has 1 atom stereocenters. The maximum absolute atomic E-state index is 10.9. The number of carbonyl (C=O) groups is 1. The van der Waals surface area contributed by atoms with Crippen LogP contribution in [0.1, 0.15) is 27.2 Å². The third-order valence-electron chi connectivity index (χ3n) is 2.92. The van der Waals surface area contributed by atoms with Crippen LogP contribution in [0.4, 0.5) is 11.4 Å². The Kier molecular flexibility index (Phi) is 5.32. The molecule has 0 spiro atoms. The van der Waals surface area contributed by atoms with Crippen LogP contribution in [0.25, 0.3) is 0 Å². The van der Waals surface area contributed by atoms with Crippen LogP contribution in [0.15, 0.2) is 18.2 Å². The quantitative estimate of drug-likeness (QED) is 0.455. The van der Waals surface area contributed by atoms with E-state index in [4.69, 9.17) is 5.11 Å². The average molecular weight is 392 g/mol. The van der Waals surface area contributed by atoms with Crippen molar-refractivity contribution in [3.63, 3.8) is 0 Å². The van der Waals surface area contributed by atoms with E-state index in [2.05, 4.69) is 5.32 Å². The predicted octanol–water partition coefficient (Wildman–Crippen LogP) is 3.50. The van der Waals surface area contributed by atoms with Gasteiger partial charge in [0.1, 0.15) is 0 Å². The summed E-state index contributed by atoms with van der Waals surface area (Å²) in [7, 11) is 0. The minimum absolute atomic E-state index is 0.0173. The second kappa shape index (κ2) is 6.38. The molecule has 110 valence electrons. The average Bonchev–Trinajstić information content (AvgIpc) is 2.28. The molecule has 0 aromatic heterocycles. The molecule has 0 fully saturated rings.